The molecule has 1 aromatic heterocycles. The number of unbranched alkanes of at least 4 members (excludes halogenated alkanes) is 1. The second kappa shape index (κ2) is 6.15. The highest BCUT2D eigenvalue weighted by atomic mass is 32.1. The fourth-order valence-electron chi connectivity index (χ4n) is 1.16. The molecule has 17 heavy (non-hydrogen) atoms. The molecule has 0 aliphatic carbocycles. The lowest BCUT2D eigenvalue weighted by molar-refractivity contribution is -0.144. The van der Waals surface area contributed by atoms with Crippen LogP contribution in [-0.4, -0.2) is 41.4 Å². The molecule has 1 rings (SSSR count). The number of rotatable bonds is 6. The zero-order valence-electron chi connectivity index (χ0n) is 9.71. The number of hydrogen-bond acceptors (Lipinski definition) is 5. The molecule has 0 fully saturated rings. The van der Waals surface area contributed by atoms with Gasteiger partial charge in [-0.2, -0.15) is 22.5 Å². The van der Waals surface area contributed by atoms with E-state index in [0.29, 0.717) is 6.54 Å². The van der Waals surface area contributed by atoms with Gasteiger partial charge < -0.3 is 10.2 Å². The minimum absolute atomic E-state index is 0.224. The Morgan fingerprint density at radius 1 is 1.29 bits per heavy atom. The van der Waals surface area contributed by atoms with Gasteiger partial charge in [0.05, 0.1) is 0 Å². The van der Waals surface area contributed by atoms with Crippen LogP contribution >= 0.6 is 11.5 Å². The summed E-state index contributed by atoms with van der Waals surface area (Å²) in [6.45, 7) is 1.58. The monoisotopic (exact) mass is 268 g/mol. The Balaban J connectivity index is 2.26. The van der Waals surface area contributed by atoms with Crippen molar-refractivity contribution in [2.75, 3.05) is 32.5 Å². The van der Waals surface area contributed by atoms with Gasteiger partial charge in [-0.25, -0.2) is 0 Å². The van der Waals surface area contributed by atoms with Crippen molar-refractivity contribution >= 4 is 16.7 Å². The Bertz CT molecular complexity index is 337. The zero-order valence-corrected chi connectivity index (χ0v) is 10.5. The van der Waals surface area contributed by atoms with E-state index in [4.69, 9.17) is 0 Å². The standard InChI is InChI=1S/C9H15F3N4S/c1-16(2)6-4-3-5-13-8-14-7(15-17-8)9(10,11)12/h3-6H2,1-2H3,(H,13,14,15). The number of nitrogens with one attached hydrogen (secondary N) is 1. The van der Waals surface area contributed by atoms with E-state index >= 15 is 0 Å². The summed E-state index contributed by atoms with van der Waals surface area (Å²) in [5.74, 6) is -1.07. The van der Waals surface area contributed by atoms with E-state index in [0.717, 1.165) is 30.9 Å². The summed E-state index contributed by atoms with van der Waals surface area (Å²) in [6, 6.07) is 0. The van der Waals surface area contributed by atoms with Crippen LogP contribution in [0, 0.1) is 0 Å². The Kier molecular flexibility index (Phi) is 5.13. The normalized spacial score (nSPS) is 12.1. The van der Waals surface area contributed by atoms with Gasteiger partial charge in [0.25, 0.3) is 0 Å². The number of anilines is 1. The molecular weight excluding hydrogens is 253 g/mol. The van der Waals surface area contributed by atoms with Crippen molar-refractivity contribution in [1.82, 2.24) is 14.3 Å². The molecule has 4 nitrogen and oxygen atoms in total. The Hall–Kier alpha value is -0.890. The number of aromatic nitrogens is 2. The van der Waals surface area contributed by atoms with E-state index in [1.54, 1.807) is 0 Å². The van der Waals surface area contributed by atoms with Crippen LogP contribution in [0.1, 0.15) is 18.7 Å². The summed E-state index contributed by atoms with van der Waals surface area (Å²) < 4.78 is 39.8. The predicted octanol–water partition coefficient (Wildman–Crippen LogP) is 2.31. The molecule has 8 heteroatoms. The van der Waals surface area contributed by atoms with Crippen molar-refractivity contribution in [2.24, 2.45) is 0 Å². The van der Waals surface area contributed by atoms with E-state index in [-0.39, 0.29) is 5.13 Å². The summed E-state index contributed by atoms with van der Waals surface area (Å²) in [6.07, 6.45) is -2.58. The maximum Gasteiger partial charge on any atom is 0.452 e. The van der Waals surface area contributed by atoms with Crippen molar-refractivity contribution in [3.8, 4) is 0 Å². The van der Waals surface area contributed by atoms with Crippen molar-refractivity contribution in [3.05, 3.63) is 5.82 Å². The Morgan fingerprint density at radius 2 is 2.00 bits per heavy atom. The number of hydrogen-bond donors (Lipinski definition) is 1. The second-order valence-electron chi connectivity index (χ2n) is 3.86. The molecule has 0 saturated heterocycles. The highest BCUT2D eigenvalue weighted by molar-refractivity contribution is 7.09. The molecule has 0 radical (unpaired) electrons. The van der Waals surface area contributed by atoms with Crippen molar-refractivity contribution in [1.29, 1.82) is 0 Å². The average molecular weight is 268 g/mol. The Morgan fingerprint density at radius 3 is 2.53 bits per heavy atom. The summed E-state index contributed by atoms with van der Waals surface area (Å²) in [7, 11) is 3.96. The fraction of sp³-hybridized carbons (Fsp3) is 0.778. The van der Waals surface area contributed by atoms with Gasteiger partial charge in [-0.05, 0) is 33.5 Å². The molecule has 1 aromatic rings. The van der Waals surface area contributed by atoms with Crippen LogP contribution in [0.2, 0.25) is 0 Å². The molecule has 0 bridgehead atoms. The Labute approximate surface area is 102 Å². The molecule has 0 aliphatic rings. The number of alkyl halides is 3. The number of nitrogens with zero attached hydrogens (tertiary/aromatic N) is 3. The van der Waals surface area contributed by atoms with Gasteiger partial charge in [-0.3, -0.25) is 0 Å². The molecule has 0 amide bonds. The molecule has 0 unspecified atom stereocenters. The summed E-state index contributed by atoms with van der Waals surface area (Å²) in [4.78, 5) is 5.44. The summed E-state index contributed by atoms with van der Waals surface area (Å²) in [5, 5.41) is 3.06. The first kappa shape index (κ1) is 14.2. The molecule has 0 aromatic carbocycles. The van der Waals surface area contributed by atoms with Gasteiger partial charge in [0.1, 0.15) is 0 Å². The van der Waals surface area contributed by atoms with Crippen LogP contribution in [0.3, 0.4) is 0 Å². The predicted molar refractivity (Wildman–Crippen MR) is 61.2 cm³/mol. The van der Waals surface area contributed by atoms with Crippen LogP contribution in [0.4, 0.5) is 18.3 Å². The minimum Gasteiger partial charge on any atom is -0.360 e. The quantitative estimate of drug-likeness (QED) is 0.804. The van der Waals surface area contributed by atoms with Crippen molar-refractivity contribution < 1.29 is 13.2 Å². The molecule has 0 spiro atoms. The minimum atomic E-state index is -4.46. The van der Waals surface area contributed by atoms with Crippen LogP contribution in [0.5, 0.6) is 0 Å². The SMILES string of the molecule is CN(C)CCCCNc1nc(C(F)(F)F)ns1. The summed E-state index contributed by atoms with van der Waals surface area (Å²) >= 11 is 0.738. The molecule has 0 atom stereocenters. The highest BCUT2D eigenvalue weighted by Crippen LogP contribution is 2.28. The van der Waals surface area contributed by atoms with E-state index in [1.165, 1.54) is 0 Å². The average Bonchev–Trinajstić information content (AvgIpc) is 2.64. The van der Waals surface area contributed by atoms with Gasteiger partial charge in [-0.15, -0.1) is 0 Å². The van der Waals surface area contributed by atoms with Crippen LogP contribution < -0.4 is 5.32 Å². The zero-order chi connectivity index (χ0) is 12.9. The van der Waals surface area contributed by atoms with Gasteiger partial charge in [0.2, 0.25) is 11.0 Å². The van der Waals surface area contributed by atoms with E-state index in [1.807, 2.05) is 14.1 Å². The largest absolute Gasteiger partial charge is 0.452 e. The molecule has 1 heterocycles. The van der Waals surface area contributed by atoms with E-state index in [9.17, 15) is 13.2 Å². The molecule has 98 valence electrons. The molecule has 0 saturated carbocycles. The van der Waals surface area contributed by atoms with Gasteiger partial charge in [0, 0.05) is 18.1 Å². The van der Waals surface area contributed by atoms with Gasteiger partial charge in [0.15, 0.2) is 0 Å². The van der Waals surface area contributed by atoms with Crippen molar-refractivity contribution in [2.45, 2.75) is 19.0 Å². The first-order valence-corrected chi connectivity index (χ1v) is 5.96. The van der Waals surface area contributed by atoms with Crippen LogP contribution in [0.15, 0.2) is 0 Å². The first-order valence-electron chi connectivity index (χ1n) is 5.19. The lowest BCUT2D eigenvalue weighted by Gasteiger charge is -2.08. The summed E-state index contributed by atoms with van der Waals surface area (Å²) in [5.41, 5.74) is 0. The third-order valence-corrected chi connectivity index (χ3v) is 2.66. The maximum atomic E-state index is 12.2. The topological polar surface area (TPSA) is 41.0 Å². The lowest BCUT2D eigenvalue weighted by atomic mass is 10.3. The maximum absolute atomic E-state index is 12.2. The second-order valence-corrected chi connectivity index (χ2v) is 4.61. The number of halogens is 3. The van der Waals surface area contributed by atoms with E-state index in [2.05, 4.69) is 19.6 Å². The molecular formula is C9H15F3N4S. The lowest BCUT2D eigenvalue weighted by Crippen LogP contribution is -2.14. The van der Waals surface area contributed by atoms with E-state index < -0.39 is 12.0 Å². The molecule has 1 N–H and O–H groups in total. The molecule has 0 aliphatic heterocycles. The van der Waals surface area contributed by atoms with Crippen LogP contribution in [0.25, 0.3) is 0 Å². The van der Waals surface area contributed by atoms with Crippen molar-refractivity contribution in [3.63, 3.8) is 0 Å². The fourth-order valence-corrected chi connectivity index (χ4v) is 1.77. The first-order chi connectivity index (χ1) is 7.89. The van der Waals surface area contributed by atoms with Crippen LogP contribution in [-0.2, 0) is 6.18 Å². The van der Waals surface area contributed by atoms with Gasteiger partial charge >= 0.3 is 6.18 Å². The smallest absolute Gasteiger partial charge is 0.360 e. The van der Waals surface area contributed by atoms with Gasteiger partial charge in [-0.1, -0.05) is 0 Å². The third kappa shape index (κ3) is 5.31. The third-order valence-electron chi connectivity index (χ3n) is 1.99. The highest BCUT2D eigenvalue weighted by Gasteiger charge is 2.35.